The van der Waals surface area contributed by atoms with E-state index < -0.39 is 6.10 Å². The van der Waals surface area contributed by atoms with Crippen LogP contribution < -0.4 is 0 Å². The first-order valence-electron chi connectivity index (χ1n) is 6.65. The summed E-state index contributed by atoms with van der Waals surface area (Å²) < 4.78 is 0. The number of aromatic nitrogens is 2. The van der Waals surface area contributed by atoms with Gasteiger partial charge in [-0.3, -0.25) is 9.97 Å². The Kier molecular flexibility index (Phi) is 4.27. The molecule has 100 valence electrons. The minimum Gasteiger partial charge on any atom is -0.388 e. The van der Waals surface area contributed by atoms with E-state index in [4.69, 9.17) is 0 Å². The molecule has 0 spiro atoms. The van der Waals surface area contributed by atoms with Crippen molar-refractivity contribution < 1.29 is 5.11 Å². The van der Waals surface area contributed by atoms with E-state index in [1.807, 2.05) is 38.2 Å². The van der Waals surface area contributed by atoms with Crippen LogP contribution in [0.5, 0.6) is 0 Å². The van der Waals surface area contributed by atoms with Crippen molar-refractivity contribution in [2.75, 3.05) is 0 Å². The second-order valence-electron chi connectivity index (χ2n) is 4.91. The third-order valence-corrected chi connectivity index (χ3v) is 3.19. The normalized spacial score (nSPS) is 12.4. The van der Waals surface area contributed by atoms with Crippen molar-refractivity contribution in [1.29, 1.82) is 0 Å². The predicted molar refractivity (Wildman–Crippen MR) is 76.0 cm³/mol. The molecule has 2 aromatic heterocycles. The van der Waals surface area contributed by atoms with Crippen LogP contribution in [0.4, 0.5) is 0 Å². The lowest BCUT2D eigenvalue weighted by molar-refractivity contribution is 0.177. The zero-order valence-electron chi connectivity index (χ0n) is 11.7. The molecule has 2 rings (SSSR count). The smallest absolute Gasteiger partial charge is 0.0846 e. The monoisotopic (exact) mass is 256 g/mol. The van der Waals surface area contributed by atoms with E-state index in [-0.39, 0.29) is 0 Å². The number of pyridine rings is 2. The molecule has 0 saturated carbocycles. The molecule has 1 unspecified atom stereocenters. The standard InChI is InChI=1S/C16H20N2O/c1-4-13-5-6-15(17-10-13)9-16(19)14-7-11(2)18-12(3)8-14/h5-8,10,16,19H,4,9H2,1-3H3. The molecule has 0 aliphatic carbocycles. The molecule has 0 saturated heterocycles. The lowest BCUT2D eigenvalue weighted by Gasteiger charge is -2.12. The molecule has 0 amide bonds. The molecule has 3 heteroatoms. The number of aryl methyl sites for hydroxylation is 3. The van der Waals surface area contributed by atoms with Gasteiger partial charge < -0.3 is 5.11 Å². The zero-order chi connectivity index (χ0) is 13.8. The molecular weight excluding hydrogens is 236 g/mol. The van der Waals surface area contributed by atoms with Crippen LogP contribution >= 0.6 is 0 Å². The number of hydrogen-bond acceptors (Lipinski definition) is 3. The number of hydrogen-bond donors (Lipinski definition) is 1. The van der Waals surface area contributed by atoms with Crippen molar-refractivity contribution in [3.8, 4) is 0 Å². The van der Waals surface area contributed by atoms with Crippen LogP contribution in [0, 0.1) is 13.8 Å². The van der Waals surface area contributed by atoms with E-state index in [0.717, 1.165) is 29.1 Å². The average Bonchev–Trinajstić information content (AvgIpc) is 2.38. The van der Waals surface area contributed by atoms with Gasteiger partial charge in [0.25, 0.3) is 0 Å². The summed E-state index contributed by atoms with van der Waals surface area (Å²) in [6.07, 6.45) is 2.87. The third kappa shape index (κ3) is 3.61. The van der Waals surface area contributed by atoms with Crippen LogP contribution in [0.3, 0.4) is 0 Å². The van der Waals surface area contributed by atoms with Crippen molar-refractivity contribution >= 4 is 0 Å². The summed E-state index contributed by atoms with van der Waals surface area (Å²) in [5, 5.41) is 10.3. The quantitative estimate of drug-likeness (QED) is 0.914. The molecule has 0 aliphatic rings. The molecular formula is C16H20N2O. The lowest BCUT2D eigenvalue weighted by atomic mass is 10.0. The zero-order valence-corrected chi connectivity index (χ0v) is 11.7. The highest BCUT2D eigenvalue weighted by molar-refractivity contribution is 5.24. The summed E-state index contributed by atoms with van der Waals surface area (Å²) in [5.74, 6) is 0. The van der Waals surface area contributed by atoms with E-state index >= 15 is 0 Å². The molecule has 1 N–H and O–H groups in total. The van der Waals surface area contributed by atoms with Gasteiger partial charge in [0.15, 0.2) is 0 Å². The summed E-state index contributed by atoms with van der Waals surface area (Å²) >= 11 is 0. The van der Waals surface area contributed by atoms with Crippen LogP contribution in [-0.4, -0.2) is 15.1 Å². The van der Waals surface area contributed by atoms with Gasteiger partial charge in [0.1, 0.15) is 0 Å². The molecule has 0 radical (unpaired) electrons. The molecule has 0 aliphatic heterocycles. The maximum Gasteiger partial charge on any atom is 0.0846 e. The Morgan fingerprint density at radius 1 is 1.16 bits per heavy atom. The molecule has 1 atom stereocenters. The van der Waals surface area contributed by atoms with Crippen LogP contribution in [0.25, 0.3) is 0 Å². The van der Waals surface area contributed by atoms with Gasteiger partial charge in [-0.15, -0.1) is 0 Å². The van der Waals surface area contributed by atoms with E-state index in [1.165, 1.54) is 5.56 Å². The Morgan fingerprint density at radius 2 is 1.84 bits per heavy atom. The fraction of sp³-hybridized carbons (Fsp3) is 0.375. The Labute approximate surface area is 114 Å². The van der Waals surface area contributed by atoms with Crippen molar-refractivity contribution in [3.63, 3.8) is 0 Å². The Morgan fingerprint density at radius 3 is 2.37 bits per heavy atom. The van der Waals surface area contributed by atoms with Gasteiger partial charge in [-0.05, 0) is 49.6 Å². The molecule has 3 nitrogen and oxygen atoms in total. The fourth-order valence-electron chi connectivity index (χ4n) is 2.16. The second-order valence-corrected chi connectivity index (χ2v) is 4.91. The minimum absolute atomic E-state index is 0.527. The number of aliphatic hydroxyl groups is 1. The first-order valence-corrected chi connectivity index (χ1v) is 6.65. The molecule has 0 bridgehead atoms. The maximum absolute atomic E-state index is 10.3. The summed E-state index contributed by atoms with van der Waals surface area (Å²) in [6, 6.07) is 7.91. The predicted octanol–water partition coefficient (Wildman–Crippen LogP) is 2.93. The fourth-order valence-corrected chi connectivity index (χ4v) is 2.16. The first kappa shape index (κ1) is 13.7. The Bertz CT molecular complexity index is 529. The highest BCUT2D eigenvalue weighted by Crippen LogP contribution is 2.19. The van der Waals surface area contributed by atoms with Crippen molar-refractivity contribution in [3.05, 3.63) is 58.7 Å². The average molecular weight is 256 g/mol. The number of rotatable bonds is 4. The summed E-state index contributed by atoms with van der Waals surface area (Å²) in [6.45, 7) is 5.99. The highest BCUT2D eigenvalue weighted by Gasteiger charge is 2.10. The van der Waals surface area contributed by atoms with Crippen molar-refractivity contribution in [1.82, 2.24) is 9.97 Å². The van der Waals surface area contributed by atoms with Crippen LogP contribution in [0.2, 0.25) is 0 Å². The Hall–Kier alpha value is -1.74. The SMILES string of the molecule is CCc1ccc(CC(O)c2cc(C)nc(C)c2)nc1. The van der Waals surface area contributed by atoms with E-state index in [9.17, 15) is 5.11 Å². The van der Waals surface area contributed by atoms with Gasteiger partial charge in [-0.2, -0.15) is 0 Å². The molecule has 0 aromatic carbocycles. The van der Waals surface area contributed by atoms with Gasteiger partial charge in [0, 0.05) is 29.7 Å². The maximum atomic E-state index is 10.3. The molecule has 0 fully saturated rings. The first-order chi connectivity index (χ1) is 9.08. The summed E-state index contributed by atoms with van der Waals surface area (Å²) in [4.78, 5) is 8.70. The van der Waals surface area contributed by atoms with Gasteiger partial charge >= 0.3 is 0 Å². The summed E-state index contributed by atoms with van der Waals surface area (Å²) in [7, 11) is 0. The Balaban J connectivity index is 2.13. The third-order valence-electron chi connectivity index (χ3n) is 3.19. The molecule has 2 heterocycles. The van der Waals surface area contributed by atoms with Crippen molar-refractivity contribution in [2.24, 2.45) is 0 Å². The highest BCUT2D eigenvalue weighted by atomic mass is 16.3. The second kappa shape index (κ2) is 5.93. The van der Waals surface area contributed by atoms with E-state index in [2.05, 4.69) is 23.0 Å². The van der Waals surface area contributed by atoms with Gasteiger partial charge in [-0.1, -0.05) is 13.0 Å². The number of aliphatic hydroxyl groups excluding tert-OH is 1. The van der Waals surface area contributed by atoms with Crippen molar-refractivity contribution in [2.45, 2.75) is 39.7 Å². The number of nitrogens with zero attached hydrogens (tertiary/aromatic N) is 2. The van der Waals surface area contributed by atoms with Crippen LogP contribution in [0.15, 0.2) is 30.5 Å². The van der Waals surface area contributed by atoms with Crippen LogP contribution in [-0.2, 0) is 12.8 Å². The molecule has 19 heavy (non-hydrogen) atoms. The summed E-state index contributed by atoms with van der Waals surface area (Å²) in [5.41, 5.74) is 4.91. The van der Waals surface area contributed by atoms with Gasteiger partial charge in [-0.25, -0.2) is 0 Å². The molecule has 2 aromatic rings. The topological polar surface area (TPSA) is 46.0 Å². The largest absolute Gasteiger partial charge is 0.388 e. The lowest BCUT2D eigenvalue weighted by Crippen LogP contribution is -2.05. The van der Waals surface area contributed by atoms with E-state index in [1.54, 1.807) is 0 Å². The van der Waals surface area contributed by atoms with Crippen LogP contribution in [0.1, 0.15) is 41.2 Å². The van der Waals surface area contributed by atoms with Gasteiger partial charge in [0.05, 0.1) is 6.10 Å². The minimum atomic E-state index is -0.527. The van der Waals surface area contributed by atoms with Gasteiger partial charge in [0.2, 0.25) is 0 Å². The van der Waals surface area contributed by atoms with E-state index in [0.29, 0.717) is 6.42 Å².